The number of nitrogens with two attached hydrogens (primary N) is 1. The molecule has 0 spiro atoms. The third kappa shape index (κ3) is 4.50. The maximum absolute atomic E-state index is 12.2. The summed E-state index contributed by atoms with van der Waals surface area (Å²) in [5.74, 6) is 1.09. The molecule has 2 N–H and O–H groups in total. The van der Waals surface area contributed by atoms with Crippen LogP contribution in [0.25, 0.3) is 0 Å². The minimum absolute atomic E-state index is 0. The number of rotatable bonds is 4. The van der Waals surface area contributed by atoms with E-state index in [-0.39, 0.29) is 31.0 Å². The predicted molar refractivity (Wildman–Crippen MR) is 87.3 cm³/mol. The van der Waals surface area contributed by atoms with Gasteiger partial charge in [-0.15, -0.1) is 12.4 Å². The molecule has 0 aromatic heterocycles. The van der Waals surface area contributed by atoms with E-state index in [4.69, 9.17) is 22.1 Å². The van der Waals surface area contributed by atoms with Crippen LogP contribution in [0.5, 0.6) is 5.75 Å². The second-order valence-electron chi connectivity index (χ2n) is 5.43. The third-order valence-electron chi connectivity index (χ3n) is 3.81. The maximum Gasteiger partial charge on any atom is 0.260 e. The van der Waals surface area contributed by atoms with Gasteiger partial charge in [-0.2, -0.15) is 0 Å². The fraction of sp³-hybridized carbons (Fsp3) is 0.533. The van der Waals surface area contributed by atoms with Gasteiger partial charge in [0, 0.05) is 17.6 Å². The normalized spacial score (nSPS) is 21.0. The quantitative estimate of drug-likeness (QED) is 0.922. The highest BCUT2D eigenvalue weighted by atomic mass is 35.5. The van der Waals surface area contributed by atoms with Gasteiger partial charge in [0.15, 0.2) is 6.61 Å². The van der Waals surface area contributed by atoms with Crippen LogP contribution in [0, 0.1) is 12.8 Å². The lowest BCUT2D eigenvalue weighted by molar-refractivity contribution is -0.134. The largest absolute Gasteiger partial charge is 0.484 e. The van der Waals surface area contributed by atoms with Gasteiger partial charge in [0.2, 0.25) is 0 Å². The minimum Gasteiger partial charge on any atom is -0.484 e. The highest BCUT2D eigenvalue weighted by Crippen LogP contribution is 2.23. The summed E-state index contributed by atoms with van der Waals surface area (Å²) in [4.78, 5) is 14.0. The number of halogens is 2. The van der Waals surface area contributed by atoms with Gasteiger partial charge in [0.05, 0.1) is 0 Å². The zero-order valence-electron chi connectivity index (χ0n) is 12.3. The Hall–Kier alpha value is -0.970. The lowest BCUT2D eigenvalue weighted by Crippen LogP contribution is -2.37. The molecule has 1 fully saturated rings. The number of carbonyl (C=O) groups excluding carboxylic acids is 1. The molecule has 2 rings (SSSR count). The second-order valence-corrected chi connectivity index (χ2v) is 5.84. The van der Waals surface area contributed by atoms with E-state index in [1.165, 1.54) is 0 Å². The van der Waals surface area contributed by atoms with Gasteiger partial charge in [0.1, 0.15) is 5.75 Å². The summed E-state index contributed by atoms with van der Waals surface area (Å²) in [6.45, 7) is 5.39. The SMILES string of the molecule is Cc1cc(OCC(=O)N2CC(CN)CC2C)ccc1Cl.Cl. The van der Waals surface area contributed by atoms with Gasteiger partial charge in [-0.05, 0) is 56.5 Å². The van der Waals surface area contributed by atoms with Crippen molar-refractivity contribution in [2.24, 2.45) is 11.7 Å². The Morgan fingerprint density at radius 2 is 2.24 bits per heavy atom. The zero-order chi connectivity index (χ0) is 14.7. The van der Waals surface area contributed by atoms with Gasteiger partial charge >= 0.3 is 0 Å². The highest BCUT2D eigenvalue weighted by Gasteiger charge is 2.31. The monoisotopic (exact) mass is 332 g/mol. The Labute approximate surface area is 137 Å². The van der Waals surface area contributed by atoms with Gasteiger partial charge in [0.25, 0.3) is 5.91 Å². The summed E-state index contributed by atoms with van der Waals surface area (Å²) >= 11 is 5.96. The number of likely N-dealkylation sites (tertiary alicyclic amines) is 1. The first-order valence-corrected chi connectivity index (χ1v) is 7.27. The number of ether oxygens (including phenoxy) is 1. The lowest BCUT2D eigenvalue weighted by atomic mass is 10.1. The van der Waals surface area contributed by atoms with E-state index in [1.807, 2.05) is 17.9 Å². The Kier molecular flexibility index (Phi) is 6.78. The summed E-state index contributed by atoms with van der Waals surface area (Å²) in [7, 11) is 0. The molecule has 2 atom stereocenters. The van der Waals surface area contributed by atoms with Crippen molar-refractivity contribution in [3.05, 3.63) is 28.8 Å². The Balaban J connectivity index is 0.00000220. The summed E-state index contributed by atoms with van der Waals surface area (Å²) in [6, 6.07) is 5.64. The van der Waals surface area contributed by atoms with Crippen LogP contribution in [0.3, 0.4) is 0 Å². The van der Waals surface area contributed by atoms with Crippen molar-refractivity contribution in [2.75, 3.05) is 19.7 Å². The van der Waals surface area contributed by atoms with Crippen LogP contribution in [0.2, 0.25) is 5.02 Å². The number of carbonyl (C=O) groups is 1. The molecule has 0 radical (unpaired) electrons. The topological polar surface area (TPSA) is 55.6 Å². The Bertz CT molecular complexity index is 497. The van der Waals surface area contributed by atoms with Gasteiger partial charge < -0.3 is 15.4 Å². The van der Waals surface area contributed by atoms with E-state index in [1.54, 1.807) is 12.1 Å². The lowest BCUT2D eigenvalue weighted by Gasteiger charge is -2.21. The molecule has 4 nitrogen and oxygen atoms in total. The number of nitrogens with zero attached hydrogens (tertiary/aromatic N) is 1. The number of hydrogen-bond donors (Lipinski definition) is 1. The smallest absolute Gasteiger partial charge is 0.260 e. The fourth-order valence-electron chi connectivity index (χ4n) is 2.60. The van der Waals surface area contributed by atoms with Crippen LogP contribution >= 0.6 is 24.0 Å². The summed E-state index contributed by atoms with van der Waals surface area (Å²) in [5.41, 5.74) is 6.61. The molecular formula is C15H22Cl2N2O2. The van der Waals surface area contributed by atoms with Gasteiger partial charge in [-0.25, -0.2) is 0 Å². The van der Waals surface area contributed by atoms with Crippen LogP contribution < -0.4 is 10.5 Å². The molecule has 1 aromatic carbocycles. The van der Waals surface area contributed by atoms with Crippen LogP contribution in [0.15, 0.2) is 18.2 Å². The Morgan fingerprint density at radius 3 is 2.81 bits per heavy atom. The van der Waals surface area contributed by atoms with Crippen LogP contribution in [-0.4, -0.2) is 36.5 Å². The van der Waals surface area contributed by atoms with E-state index in [0.717, 1.165) is 18.5 Å². The second kappa shape index (κ2) is 7.87. The number of amides is 1. The van der Waals surface area contributed by atoms with Crippen molar-refractivity contribution >= 4 is 29.9 Å². The van der Waals surface area contributed by atoms with Gasteiger partial charge in [-0.3, -0.25) is 4.79 Å². The van der Waals surface area contributed by atoms with E-state index < -0.39 is 0 Å². The van der Waals surface area contributed by atoms with Crippen molar-refractivity contribution < 1.29 is 9.53 Å². The number of hydrogen-bond acceptors (Lipinski definition) is 3. The van der Waals surface area contributed by atoms with Crippen LogP contribution in [0.1, 0.15) is 18.9 Å². The van der Waals surface area contributed by atoms with Crippen LogP contribution in [0.4, 0.5) is 0 Å². The fourth-order valence-corrected chi connectivity index (χ4v) is 2.71. The average Bonchev–Trinajstić information content (AvgIpc) is 2.81. The molecular weight excluding hydrogens is 311 g/mol. The van der Waals surface area contributed by atoms with Gasteiger partial charge in [-0.1, -0.05) is 11.6 Å². The van der Waals surface area contributed by atoms with Crippen LogP contribution in [-0.2, 0) is 4.79 Å². The molecule has 1 aliphatic heterocycles. The molecule has 6 heteroatoms. The van der Waals surface area contributed by atoms with E-state index >= 15 is 0 Å². The first kappa shape index (κ1) is 18.1. The number of benzene rings is 1. The van der Waals surface area contributed by atoms with Crippen molar-refractivity contribution in [3.8, 4) is 5.75 Å². The Morgan fingerprint density at radius 1 is 1.52 bits per heavy atom. The van der Waals surface area contributed by atoms with E-state index in [2.05, 4.69) is 6.92 Å². The molecule has 1 aliphatic rings. The molecule has 21 heavy (non-hydrogen) atoms. The average molecular weight is 333 g/mol. The van der Waals surface area contributed by atoms with Crippen molar-refractivity contribution in [1.29, 1.82) is 0 Å². The minimum atomic E-state index is 0. The number of aryl methyl sites for hydroxylation is 1. The van der Waals surface area contributed by atoms with Crippen molar-refractivity contribution in [2.45, 2.75) is 26.3 Å². The van der Waals surface area contributed by atoms with Crippen molar-refractivity contribution in [1.82, 2.24) is 4.90 Å². The molecule has 118 valence electrons. The molecule has 2 unspecified atom stereocenters. The van der Waals surface area contributed by atoms with Crippen molar-refractivity contribution in [3.63, 3.8) is 0 Å². The zero-order valence-corrected chi connectivity index (χ0v) is 13.9. The molecule has 0 aliphatic carbocycles. The highest BCUT2D eigenvalue weighted by molar-refractivity contribution is 6.31. The summed E-state index contributed by atoms with van der Waals surface area (Å²) < 4.78 is 5.55. The van der Waals surface area contributed by atoms with E-state index in [0.29, 0.717) is 23.2 Å². The molecule has 1 heterocycles. The molecule has 1 amide bonds. The molecule has 0 bridgehead atoms. The molecule has 1 aromatic rings. The third-order valence-corrected chi connectivity index (χ3v) is 4.23. The first-order valence-electron chi connectivity index (χ1n) is 6.89. The molecule has 1 saturated heterocycles. The summed E-state index contributed by atoms with van der Waals surface area (Å²) in [6.07, 6.45) is 0.974. The standard InChI is InChI=1S/C15H21ClN2O2.ClH/c1-10-5-13(3-4-14(10)16)20-9-15(19)18-8-12(7-17)6-11(18)2;/h3-5,11-12H,6-9,17H2,1-2H3;1H. The summed E-state index contributed by atoms with van der Waals surface area (Å²) in [5, 5.41) is 0.697. The predicted octanol–water partition coefficient (Wildman–Crippen LogP) is 2.64. The molecule has 0 saturated carbocycles. The maximum atomic E-state index is 12.2. The van der Waals surface area contributed by atoms with E-state index in [9.17, 15) is 4.79 Å². The first-order chi connectivity index (χ1) is 9.51.